The average Bonchev–Trinajstić information content (AvgIpc) is 2.60. The van der Waals surface area contributed by atoms with Crippen molar-refractivity contribution in [1.82, 2.24) is 10.2 Å². The molecular formula is C23H36N2O2. The number of hydrogen-bond donors (Lipinski definition) is 1. The van der Waals surface area contributed by atoms with E-state index in [1.54, 1.807) is 0 Å². The molecule has 0 radical (unpaired) electrons. The van der Waals surface area contributed by atoms with Crippen LogP contribution in [0.2, 0.25) is 0 Å². The number of amides is 2. The Hall–Kier alpha value is -1.32. The molecule has 150 valence electrons. The van der Waals surface area contributed by atoms with Crippen LogP contribution in [0.25, 0.3) is 0 Å². The number of rotatable bonds is 4. The Morgan fingerprint density at radius 3 is 2.00 bits per heavy atom. The van der Waals surface area contributed by atoms with Crippen LogP contribution in [0.4, 0.5) is 0 Å². The molecule has 4 saturated carbocycles. The molecule has 4 nitrogen and oxygen atoms in total. The summed E-state index contributed by atoms with van der Waals surface area (Å²) >= 11 is 0. The highest BCUT2D eigenvalue weighted by molar-refractivity contribution is 5.89. The monoisotopic (exact) mass is 372 g/mol. The van der Waals surface area contributed by atoms with E-state index in [1.165, 1.54) is 44.1 Å². The minimum Gasteiger partial charge on any atom is -0.354 e. The van der Waals surface area contributed by atoms with Crippen LogP contribution in [-0.4, -0.2) is 35.8 Å². The molecule has 1 heterocycles. The molecular weight excluding hydrogens is 336 g/mol. The Kier molecular flexibility index (Phi) is 5.11. The number of allylic oxidation sites excluding steroid dienone is 1. The lowest BCUT2D eigenvalue weighted by Gasteiger charge is -2.57. The standard InChI is InChI=1S/C23H36N2O2/c1-15(2)24-22(27)20-4-6-25(7-5-20)21(26)8-16(3)23-12-17-9-18(13-23)11-19(10-17)14-23/h8,15,17-20H,4-7,9-14H2,1-3H3,(H,24,27)/b16-8-. The first-order valence-corrected chi connectivity index (χ1v) is 11.1. The van der Waals surface area contributed by atoms with Crippen molar-refractivity contribution in [3.8, 4) is 0 Å². The topological polar surface area (TPSA) is 49.4 Å². The molecule has 0 aromatic rings. The predicted molar refractivity (Wildman–Crippen MR) is 107 cm³/mol. The quantitative estimate of drug-likeness (QED) is 0.761. The first-order valence-electron chi connectivity index (χ1n) is 11.1. The van der Waals surface area contributed by atoms with E-state index >= 15 is 0 Å². The maximum Gasteiger partial charge on any atom is 0.246 e. The van der Waals surface area contributed by atoms with E-state index in [4.69, 9.17) is 0 Å². The smallest absolute Gasteiger partial charge is 0.246 e. The second-order valence-corrected chi connectivity index (χ2v) is 10.3. The number of carbonyl (C=O) groups is 2. The normalized spacial score (nSPS) is 36.4. The maximum atomic E-state index is 12.9. The lowest BCUT2D eigenvalue weighted by molar-refractivity contribution is -0.132. The fraction of sp³-hybridized carbons (Fsp3) is 0.826. The Balaban J connectivity index is 1.36. The lowest BCUT2D eigenvalue weighted by Crippen LogP contribution is -2.47. The van der Waals surface area contributed by atoms with Gasteiger partial charge in [-0.15, -0.1) is 0 Å². The van der Waals surface area contributed by atoms with Gasteiger partial charge in [-0.2, -0.15) is 0 Å². The van der Waals surface area contributed by atoms with Gasteiger partial charge in [0, 0.05) is 31.1 Å². The summed E-state index contributed by atoms with van der Waals surface area (Å²) in [5.41, 5.74) is 1.66. The maximum absolute atomic E-state index is 12.9. The van der Waals surface area contributed by atoms with E-state index < -0.39 is 0 Å². The molecule has 27 heavy (non-hydrogen) atoms. The second-order valence-electron chi connectivity index (χ2n) is 10.3. The van der Waals surface area contributed by atoms with E-state index in [0.29, 0.717) is 18.5 Å². The van der Waals surface area contributed by atoms with Gasteiger partial charge in [0.1, 0.15) is 0 Å². The minimum absolute atomic E-state index is 0.0599. The zero-order chi connectivity index (χ0) is 19.2. The summed E-state index contributed by atoms with van der Waals surface area (Å²) in [7, 11) is 0. The highest BCUT2D eigenvalue weighted by Crippen LogP contribution is 2.62. The number of carbonyl (C=O) groups excluding carboxylic acids is 2. The number of likely N-dealkylation sites (tertiary alicyclic amines) is 1. The van der Waals surface area contributed by atoms with Gasteiger partial charge in [0.25, 0.3) is 0 Å². The van der Waals surface area contributed by atoms with Gasteiger partial charge in [0.15, 0.2) is 0 Å². The third-order valence-electron chi connectivity index (χ3n) is 7.82. The van der Waals surface area contributed by atoms with Crippen molar-refractivity contribution in [3.63, 3.8) is 0 Å². The molecule has 2 amide bonds. The van der Waals surface area contributed by atoms with Crippen LogP contribution >= 0.6 is 0 Å². The van der Waals surface area contributed by atoms with Gasteiger partial charge < -0.3 is 10.2 Å². The summed E-state index contributed by atoms with van der Waals surface area (Å²) in [5.74, 6) is 3.10. The molecule has 0 unspecified atom stereocenters. The molecule has 5 rings (SSSR count). The number of nitrogens with zero attached hydrogens (tertiary/aromatic N) is 1. The Morgan fingerprint density at radius 2 is 1.52 bits per heavy atom. The van der Waals surface area contributed by atoms with Crippen molar-refractivity contribution in [2.45, 2.75) is 78.2 Å². The molecule has 1 N–H and O–H groups in total. The van der Waals surface area contributed by atoms with Crippen molar-refractivity contribution >= 4 is 11.8 Å². The number of hydrogen-bond acceptors (Lipinski definition) is 2. The van der Waals surface area contributed by atoms with Crippen LogP contribution in [0.5, 0.6) is 0 Å². The molecule has 1 aliphatic heterocycles. The van der Waals surface area contributed by atoms with Crippen molar-refractivity contribution in [3.05, 3.63) is 11.6 Å². The van der Waals surface area contributed by atoms with Crippen LogP contribution in [0.1, 0.15) is 72.1 Å². The Morgan fingerprint density at radius 1 is 1.00 bits per heavy atom. The van der Waals surface area contributed by atoms with Gasteiger partial charge >= 0.3 is 0 Å². The summed E-state index contributed by atoms with van der Waals surface area (Å²) in [5, 5.41) is 3.01. The van der Waals surface area contributed by atoms with Gasteiger partial charge in [-0.1, -0.05) is 5.57 Å². The molecule has 5 aliphatic rings. The van der Waals surface area contributed by atoms with Gasteiger partial charge in [0.2, 0.25) is 11.8 Å². The van der Waals surface area contributed by atoms with Crippen molar-refractivity contribution in [2.24, 2.45) is 29.1 Å². The molecule has 0 aromatic carbocycles. The van der Waals surface area contributed by atoms with Crippen LogP contribution in [0, 0.1) is 29.1 Å². The Labute approximate surface area is 164 Å². The summed E-state index contributed by atoms with van der Waals surface area (Å²) < 4.78 is 0. The SMILES string of the molecule is C/C(=C/C(=O)N1CCC(C(=O)NC(C)C)CC1)C12CC3CC(CC(C3)C1)C2. The average molecular weight is 373 g/mol. The first-order chi connectivity index (χ1) is 12.8. The minimum atomic E-state index is 0.0599. The lowest BCUT2D eigenvalue weighted by atomic mass is 9.48. The van der Waals surface area contributed by atoms with Gasteiger partial charge in [-0.3, -0.25) is 9.59 Å². The zero-order valence-electron chi connectivity index (χ0n) is 17.3. The van der Waals surface area contributed by atoms with E-state index in [0.717, 1.165) is 30.6 Å². The molecule has 4 aliphatic carbocycles. The molecule has 0 atom stereocenters. The fourth-order valence-corrected chi connectivity index (χ4v) is 6.79. The molecule has 4 heteroatoms. The van der Waals surface area contributed by atoms with Crippen molar-refractivity contribution in [2.75, 3.05) is 13.1 Å². The van der Waals surface area contributed by atoms with Gasteiger partial charge in [-0.25, -0.2) is 0 Å². The van der Waals surface area contributed by atoms with E-state index in [9.17, 15) is 9.59 Å². The summed E-state index contributed by atoms with van der Waals surface area (Å²) in [6.07, 6.45) is 11.8. The van der Waals surface area contributed by atoms with Crippen LogP contribution in [0.15, 0.2) is 11.6 Å². The first kappa shape index (κ1) is 19.0. The molecule has 1 saturated heterocycles. The molecule has 5 fully saturated rings. The number of nitrogens with one attached hydrogen (secondary N) is 1. The van der Waals surface area contributed by atoms with Crippen molar-refractivity contribution in [1.29, 1.82) is 0 Å². The largest absolute Gasteiger partial charge is 0.354 e. The highest BCUT2D eigenvalue weighted by Gasteiger charge is 2.51. The van der Waals surface area contributed by atoms with Gasteiger partial charge in [-0.05, 0) is 95.3 Å². The van der Waals surface area contributed by atoms with E-state index in [-0.39, 0.29) is 23.8 Å². The third-order valence-corrected chi connectivity index (χ3v) is 7.82. The molecule has 4 bridgehead atoms. The van der Waals surface area contributed by atoms with Crippen molar-refractivity contribution < 1.29 is 9.59 Å². The summed E-state index contributed by atoms with van der Waals surface area (Å²) in [6.45, 7) is 7.62. The Bertz CT molecular complexity index is 593. The number of piperidine rings is 1. The summed E-state index contributed by atoms with van der Waals surface area (Å²) in [6, 6.07) is 0.183. The molecule has 0 spiro atoms. The third kappa shape index (κ3) is 3.82. The van der Waals surface area contributed by atoms with Crippen LogP contribution in [-0.2, 0) is 9.59 Å². The highest BCUT2D eigenvalue weighted by atomic mass is 16.2. The fourth-order valence-electron chi connectivity index (χ4n) is 6.79. The van der Waals surface area contributed by atoms with Crippen LogP contribution in [0.3, 0.4) is 0 Å². The van der Waals surface area contributed by atoms with Gasteiger partial charge in [0.05, 0.1) is 0 Å². The van der Waals surface area contributed by atoms with E-state index in [1.807, 2.05) is 24.8 Å². The zero-order valence-corrected chi connectivity index (χ0v) is 17.3. The van der Waals surface area contributed by atoms with Crippen LogP contribution < -0.4 is 5.32 Å². The molecule has 0 aromatic heterocycles. The van der Waals surface area contributed by atoms with E-state index in [2.05, 4.69) is 12.2 Å². The second kappa shape index (κ2) is 7.25. The summed E-state index contributed by atoms with van der Waals surface area (Å²) in [4.78, 5) is 27.1. The predicted octanol–water partition coefficient (Wildman–Crippen LogP) is 3.91.